The van der Waals surface area contributed by atoms with Gasteiger partial charge in [0.25, 0.3) is 0 Å². The average molecular weight is 583 g/mol. The molecule has 4 rings (SSSR count). The predicted octanol–water partition coefficient (Wildman–Crippen LogP) is 0.222. The van der Waals surface area contributed by atoms with Crippen LogP contribution >= 0.6 is 0 Å². The molecule has 0 bridgehead atoms. The third kappa shape index (κ3) is 7.98. The van der Waals surface area contributed by atoms with Crippen molar-refractivity contribution in [2.45, 2.75) is 50.2 Å². The fourth-order valence-electron chi connectivity index (χ4n) is 4.09. The van der Waals surface area contributed by atoms with Crippen molar-refractivity contribution < 1.29 is 43.9 Å². The Balaban J connectivity index is 1.40. The first-order valence-electron chi connectivity index (χ1n) is 12.9. The number of hydrogen-bond acceptors (Lipinski definition) is 11. The molecule has 1 aliphatic rings. The van der Waals surface area contributed by atoms with Gasteiger partial charge in [0.2, 0.25) is 5.91 Å². The van der Waals surface area contributed by atoms with Gasteiger partial charge in [-0.2, -0.15) is 4.98 Å². The molecule has 14 heteroatoms. The van der Waals surface area contributed by atoms with Gasteiger partial charge in [-0.05, 0) is 17.2 Å². The number of alkyl carbamates (subject to hydrolysis) is 1. The Bertz CT molecular complexity index is 1420. The number of amides is 2. The van der Waals surface area contributed by atoms with Crippen molar-refractivity contribution >= 4 is 23.8 Å². The van der Waals surface area contributed by atoms with E-state index in [9.17, 15) is 34.5 Å². The molecule has 2 heterocycles. The largest absolute Gasteiger partial charge is 0.459 e. The maximum atomic E-state index is 12.9. The normalized spacial score (nSPS) is 20.4. The van der Waals surface area contributed by atoms with E-state index < -0.39 is 67.3 Å². The second-order valence-electron chi connectivity index (χ2n) is 9.34. The molecule has 1 aromatic heterocycles. The average Bonchev–Trinajstić information content (AvgIpc) is 3.28. The number of carbonyl (C=O) groups excluding carboxylic acids is 3. The third-order valence-electron chi connectivity index (χ3n) is 6.29. The van der Waals surface area contributed by atoms with Crippen LogP contribution in [0, 0.1) is 0 Å². The maximum absolute atomic E-state index is 12.9. The molecule has 0 radical (unpaired) electrons. The van der Waals surface area contributed by atoms with E-state index in [1.807, 2.05) is 0 Å². The van der Waals surface area contributed by atoms with E-state index in [1.54, 1.807) is 60.7 Å². The highest BCUT2D eigenvalue weighted by atomic mass is 16.6. The van der Waals surface area contributed by atoms with Crippen LogP contribution < -0.4 is 16.3 Å². The van der Waals surface area contributed by atoms with Crippen molar-refractivity contribution in [2.24, 2.45) is 0 Å². The SMILES string of the molecule is O=C(C[C@H](NC(=O)OCc1ccccc1)C(=O)OCc1ccccc1)Nc1ccn([C@@H]2O[C@H](CO)[C@@H](O)[C@@H]2O)c(=O)n1. The summed E-state index contributed by atoms with van der Waals surface area (Å²) in [4.78, 5) is 54.4. The van der Waals surface area contributed by atoms with Gasteiger partial charge in [-0.1, -0.05) is 60.7 Å². The lowest BCUT2D eigenvalue weighted by Gasteiger charge is -2.18. The number of benzene rings is 2. The van der Waals surface area contributed by atoms with Gasteiger partial charge >= 0.3 is 17.8 Å². The second kappa shape index (κ2) is 14.3. The van der Waals surface area contributed by atoms with Gasteiger partial charge in [0.15, 0.2) is 6.23 Å². The fraction of sp³-hybridized carbons (Fsp3) is 0.321. The number of rotatable bonds is 11. The van der Waals surface area contributed by atoms with E-state index in [4.69, 9.17) is 14.2 Å². The summed E-state index contributed by atoms with van der Waals surface area (Å²) in [6, 6.07) is 17.5. The van der Waals surface area contributed by atoms with Crippen LogP contribution in [0.25, 0.3) is 0 Å². The van der Waals surface area contributed by atoms with E-state index in [1.165, 1.54) is 12.3 Å². The molecule has 1 saturated heterocycles. The van der Waals surface area contributed by atoms with E-state index >= 15 is 0 Å². The quantitative estimate of drug-likeness (QED) is 0.194. The Morgan fingerprint density at radius 1 is 0.929 bits per heavy atom. The fourth-order valence-corrected chi connectivity index (χ4v) is 4.09. The van der Waals surface area contributed by atoms with Crippen LogP contribution in [0.5, 0.6) is 0 Å². The van der Waals surface area contributed by atoms with Crippen molar-refractivity contribution in [3.05, 3.63) is 94.5 Å². The van der Waals surface area contributed by atoms with E-state index in [2.05, 4.69) is 15.6 Å². The number of ether oxygens (including phenoxy) is 3. The molecule has 0 aliphatic carbocycles. The van der Waals surface area contributed by atoms with Crippen LogP contribution in [0.4, 0.5) is 10.6 Å². The first kappa shape index (κ1) is 30.3. The van der Waals surface area contributed by atoms with Crippen LogP contribution in [0.15, 0.2) is 77.7 Å². The van der Waals surface area contributed by atoms with Crippen molar-refractivity contribution in [3.8, 4) is 0 Å². The highest BCUT2D eigenvalue weighted by Crippen LogP contribution is 2.28. The monoisotopic (exact) mass is 582 g/mol. The van der Waals surface area contributed by atoms with Gasteiger partial charge in [-0.25, -0.2) is 14.4 Å². The summed E-state index contributed by atoms with van der Waals surface area (Å²) in [6.45, 7) is -0.743. The zero-order chi connectivity index (χ0) is 30.1. The number of hydrogen-bond donors (Lipinski definition) is 5. The van der Waals surface area contributed by atoms with Crippen molar-refractivity contribution in [3.63, 3.8) is 0 Å². The predicted molar refractivity (Wildman–Crippen MR) is 145 cm³/mol. The number of anilines is 1. The van der Waals surface area contributed by atoms with Crippen molar-refractivity contribution in [1.29, 1.82) is 0 Å². The Morgan fingerprint density at radius 3 is 2.12 bits per heavy atom. The lowest BCUT2D eigenvalue weighted by molar-refractivity contribution is -0.148. The maximum Gasteiger partial charge on any atom is 0.408 e. The molecule has 42 heavy (non-hydrogen) atoms. The summed E-state index contributed by atoms with van der Waals surface area (Å²) in [7, 11) is 0. The summed E-state index contributed by atoms with van der Waals surface area (Å²) < 4.78 is 16.7. The summed E-state index contributed by atoms with van der Waals surface area (Å²) in [5, 5.41) is 34.1. The molecule has 1 fully saturated rings. The van der Waals surface area contributed by atoms with Crippen LogP contribution in [0.3, 0.4) is 0 Å². The standard InChI is InChI=1S/C28H30N4O10/c33-14-20-23(35)24(36)25(42-20)32-12-11-21(31-27(32)38)30-22(34)13-19(26(37)40-15-17-7-3-1-4-8-17)29-28(39)41-16-18-9-5-2-6-10-18/h1-12,19-20,23-25,33,35-36H,13-16H2,(H,29,39)(H,30,31,34,38)/t19-,20+,23+,24-,25+/m0/s1. The number of nitrogens with zero attached hydrogens (tertiary/aromatic N) is 2. The van der Waals surface area contributed by atoms with Gasteiger partial charge in [0, 0.05) is 6.20 Å². The van der Waals surface area contributed by atoms with E-state index in [-0.39, 0.29) is 19.0 Å². The van der Waals surface area contributed by atoms with Crippen molar-refractivity contribution in [2.75, 3.05) is 11.9 Å². The van der Waals surface area contributed by atoms with E-state index in [0.717, 1.165) is 4.57 Å². The van der Waals surface area contributed by atoms with E-state index in [0.29, 0.717) is 11.1 Å². The molecular formula is C28H30N4O10. The van der Waals surface area contributed by atoms with Gasteiger partial charge in [0.05, 0.1) is 13.0 Å². The number of carbonyl (C=O) groups is 3. The van der Waals surface area contributed by atoms with Gasteiger partial charge in [-0.15, -0.1) is 0 Å². The minimum atomic E-state index is -1.50. The lowest BCUT2D eigenvalue weighted by atomic mass is 10.1. The van der Waals surface area contributed by atoms with Crippen molar-refractivity contribution in [1.82, 2.24) is 14.9 Å². The Morgan fingerprint density at radius 2 is 1.55 bits per heavy atom. The second-order valence-corrected chi connectivity index (χ2v) is 9.34. The summed E-state index contributed by atoms with van der Waals surface area (Å²) in [6.07, 6.45) is -5.68. The van der Waals surface area contributed by atoms with Gasteiger partial charge < -0.3 is 40.2 Å². The minimum absolute atomic E-state index is 0.0691. The smallest absolute Gasteiger partial charge is 0.408 e. The molecule has 0 unspecified atom stereocenters. The highest BCUT2D eigenvalue weighted by Gasteiger charge is 2.43. The first-order chi connectivity index (χ1) is 20.2. The number of esters is 1. The number of aromatic nitrogens is 2. The summed E-state index contributed by atoms with van der Waals surface area (Å²) in [5.41, 5.74) is 0.482. The first-order valence-corrected chi connectivity index (χ1v) is 12.9. The Kier molecular flexibility index (Phi) is 10.3. The van der Waals surface area contributed by atoms with Crippen LogP contribution in [0.1, 0.15) is 23.8 Å². The molecule has 2 amide bonds. The molecule has 222 valence electrons. The molecule has 2 aromatic carbocycles. The topological polar surface area (TPSA) is 199 Å². The zero-order valence-corrected chi connectivity index (χ0v) is 22.2. The molecule has 1 aliphatic heterocycles. The van der Waals surface area contributed by atoms with Gasteiger partial charge in [-0.3, -0.25) is 9.36 Å². The zero-order valence-electron chi connectivity index (χ0n) is 22.2. The molecule has 5 N–H and O–H groups in total. The molecule has 14 nitrogen and oxygen atoms in total. The number of aliphatic hydroxyl groups excluding tert-OH is 3. The lowest BCUT2D eigenvalue weighted by Crippen LogP contribution is -2.44. The molecule has 3 aromatic rings. The van der Waals surface area contributed by atoms with Crippen LogP contribution in [-0.4, -0.2) is 73.8 Å². The molecule has 5 atom stereocenters. The molecular weight excluding hydrogens is 552 g/mol. The molecule has 0 saturated carbocycles. The summed E-state index contributed by atoms with van der Waals surface area (Å²) in [5.74, 6) is -1.85. The van der Waals surface area contributed by atoms with Gasteiger partial charge in [0.1, 0.15) is 43.4 Å². The molecule has 0 spiro atoms. The number of aliphatic hydroxyl groups is 3. The Hall–Kier alpha value is -4.63. The Labute approximate surface area is 239 Å². The number of nitrogens with one attached hydrogen (secondary N) is 2. The van der Waals surface area contributed by atoms with Crippen LogP contribution in [-0.2, 0) is 37.0 Å². The van der Waals surface area contributed by atoms with Crippen LogP contribution in [0.2, 0.25) is 0 Å². The third-order valence-corrected chi connectivity index (χ3v) is 6.29. The minimum Gasteiger partial charge on any atom is -0.459 e. The summed E-state index contributed by atoms with van der Waals surface area (Å²) >= 11 is 0. The highest BCUT2D eigenvalue weighted by molar-refractivity contribution is 5.94.